The van der Waals surface area contributed by atoms with E-state index in [2.05, 4.69) is 5.32 Å². The molecule has 0 heterocycles. The van der Waals surface area contributed by atoms with E-state index in [1.165, 1.54) is 12.0 Å². The smallest absolute Gasteiger partial charge is 0.244 e. The number of nitrogens with zero attached hydrogens (tertiary/aromatic N) is 2. The van der Waals surface area contributed by atoms with Gasteiger partial charge in [0.05, 0.1) is 19.1 Å². The zero-order chi connectivity index (χ0) is 24.8. The quantitative estimate of drug-likeness (QED) is 0.546. The molecule has 0 aromatic heterocycles. The van der Waals surface area contributed by atoms with Crippen LogP contribution in [0, 0.1) is 0 Å². The molecular formula is C23H30ClN3O5S. The van der Waals surface area contributed by atoms with E-state index in [9.17, 15) is 18.0 Å². The number of halogens is 1. The molecule has 1 N–H and O–H groups in total. The summed E-state index contributed by atoms with van der Waals surface area (Å²) in [5, 5.41) is 3.35. The van der Waals surface area contributed by atoms with Crippen molar-refractivity contribution in [1.82, 2.24) is 10.2 Å². The lowest BCUT2D eigenvalue weighted by Gasteiger charge is -2.32. The number of anilines is 1. The maximum atomic E-state index is 13.4. The minimum absolute atomic E-state index is 0.112. The molecule has 0 saturated heterocycles. The number of amides is 2. The monoisotopic (exact) mass is 495 g/mol. The maximum absolute atomic E-state index is 13.4. The number of carbonyl (C=O) groups excluding carboxylic acids is 2. The fourth-order valence-corrected chi connectivity index (χ4v) is 4.11. The molecule has 0 unspecified atom stereocenters. The van der Waals surface area contributed by atoms with Gasteiger partial charge in [-0.3, -0.25) is 13.9 Å². The number of benzene rings is 2. The lowest BCUT2D eigenvalue weighted by Crippen LogP contribution is -2.52. The van der Waals surface area contributed by atoms with E-state index in [-0.39, 0.29) is 18.5 Å². The van der Waals surface area contributed by atoms with Crippen molar-refractivity contribution in [1.29, 1.82) is 0 Å². The van der Waals surface area contributed by atoms with Crippen LogP contribution in [0.3, 0.4) is 0 Å². The van der Waals surface area contributed by atoms with Gasteiger partial charge in [-0.25, -0.2) is 8.42 Å². The Balaban J connectivity index is 2.36. The summed E-state index contributed by atoms with van der Waals surface area (Å²) in [6.45, 7) is 4.92. The number of hydrogen-bond acceptors (Lipinski definition) is 5. The minimum atomic E-state index is -3.78. The molecule has 0 bridgehead atoms. The van der Waals surface area contributed by atoms with Crippen LogP contribution in [0.2, 0.25) is 5.02 Å². The second kappa shape index (κ2) is 11.4. The highest BCUT2D eigenvalue weighted by Gasteiger charge is 2.30. The molecule has 0 aliphatic rings. The van der Waals surface area contributed by atoms with Gasteiger partial charge in [-0.15, -0.1) is 0 Å². The van der Waals surface area contributed by atoms with Gasteiger partial charge in [0.1, 0.15) is 18.3 Å². The van der Waals surface area contributed by atoms with Gasteiger partial charge in [0.15, 0.2) is 0 Å². The molecule has 0 saturated carbocycles. The van der Waals surface area contributed by atoms with Crippen molar-refractivity contribution in [3.05, 3.63) is 59.1 Å². The predicted octanol–water partition coefficient (Wildman–Crippen LogP) is 3.06. The molecule has 0 aliphatic carbocycles. The van der Waals surface area contributed by atoms with E-state index < -0.39 is 28.5 Å². The van der Waals surface area contributed by atoms with Crippen LogP contribution in [-0.4, -0.2) is 57.1 Å². The Morgan fingerprint density at radius 1 is 1.03 bits per heavy atom. The summed E-state index contributed by atoms with van der Waals surface area (Å²) >= 11 is 5.96. The number of methoxy groups -OCH3 is 1. The first-order valence-electron chi connectivity index (χ1n) is 10.4. The number of rotatable bonds is 10. The topological polar surface area (TPSA) is 96.0 Å². The lowest BCUT2D eigenvalue weighted by atomic mass is 10.1. The van der Waals surface area contributed by atoms with Gasteiger partial charge in [-0.2, -0.15) is 0 Å². The Bertz CT molecular complexity index is 1060. The highest BCUT2D eigenvalue weighted by Crippen LogP contribution is 2.22. The van der Waals surface area contributed by atoms with Gasteiger partial charge in [-0.05, 0) is 62.7 Å². The van der Waals surface area contributed by atoms with Crippen molar-refractivity contribution >= 4 is 39.1 Å². The molecular weight excluding hydrogens is 466 g/mol. The summed E-state index contributed by atoms with van der Waals surface area (Å²) in [6, 6.07) is 12.3. The summed E-state index contributed by atoms with van der Waals surface area (Å²) in [7, 11) is -2.28. The molecule has 2 amide bonds. The second-order valence-electron chi connectivity index (χ2n) is 7.96. The first-order valence-corrected chi connectivity index (χ1v) is 12.6. The zero-order valence-electron chi connectivity index (χ0n) is 19.4. The number of ether oxygens (including phenoxy) is 1. The Kier molecular flexibility index (Phi) is 9.13. The lowest BCUT2D eigenvalue weighted by molar-refractivity contribution is -0.139. The van der Waals surface area contributed by atoms with E-state index in [1.54, 1.807) is 55.5 Å². The fourth-order valence-electron chi connectivity index (χ4n) is 3.14. The van der Waals surface area contributed by atoms with E-state index >= 15 is 0 Å². The van der Waals surface area contributed by atoms with Crippen LogP contribution in [0.4, 0.5) is 5.69 Å². The summed E-state index contributed by atoms with van der Waals surface area (Å²) in [5.74, 6) is -0.290. The summed E-state index contributed by atoms with van der Waals surface area (Å²) in [5.41, 5.74) is 1.07. The molecule has 1 atom stereocenters. The van der Waals surface area contributed by atoms with Crippen LogP contribution in [0.25, 0.3) is 0 Å². The molecule has 0 spiro atoms. The van der Waals surface area contributed by atoms with Crippen LogP contribution < -0.4 is 14.4 Å². The van der Waals surface area contributed by atoms with Gasteiger partial charge in [0.25, 0.3) is 0 Å². The van der Waals surface area contributed by atoms with Crippen LogP contribution >= 0.6 is 11.6 Å². The molecule has 10 heteroatoms. The predicted molar refractivity (Wildman–Crippen MR) is 130 cm³/mol. The number of nitrogens with one attached hydrogen (secondary N) is 1. The molecule has 0 fully saturated rings. The fraction of sp³-hybridized carbons (Fsp3) is 0.391. The third-order valence-corrected chi connectivity index (χ3v) is 6.30. The average Bonchev–Trinajstić information content (AvgIpc) is 2.75. The molecule has 0 radical (unpaired) electrons. The van der Waals surface area contributed by atoms with Crippen molar-refractivity contribution < 1.29 is 22.7 Å². The standard InChI is InChI=1S/C23H30ClN3O5S/c1-16(2)25-23(29)17(3)26(14-18-6-8-19(24)9-7-18)22(28)15-27(33(5,30)31)20-10-12-21(32-4)13-11-20/h6-13,16-17H,14-15H2,1-5H3,(H,25,29)/t17-/m0/s1. The Morgan fingerprint density at radius 2 is 1.61 bits per heavy atom. The highest BCUT2D eigenvalue weighted by atomic mass is 35.5. The first kappa shape index (κ1) is 26.5. The van der Waals surface area contributed by atoms with Crippen molar-refractivity contribution in [3.8, 4) is 5.75 Å². The molecule has 180 valence electrons. The van der Waals surface area contributed by atoms with E-state index in [0.717, 1.165) is 16.1 Å². The molecule has 8 nitrogen and oxygen atoms in total. The molecule has 2 aromatic rings. The Labute approximate surface area is 200 Å². The van der Waals surface area contributed by atoms with Crippen molar-refractivity contribution in [2.45, 2.75) is 39.4 Å². The molecule has 0 aliphatic heterocycles. The minimum Gasteiger partial charge on any atom is -0.497 e. The number of hydrogen-bond donors (Lipinski definition) is 1. The van der Waals surface area contributed by atoms with E-state index in [0.29, 0.717) is 16.5 Å². The van der Waals surface area contributed by atoms with Crippen molar-refractivity contribution in [2.24, 2.45) is 0 Å². The largest absolute Gasteiger partial charge is 0.497 e. The average molecular weight is 496 g/mol. The number of carbonyl (C=O) groups is 2. The Hall–Kier alpha value is -2.78. The molecule has 33 heavy (non-hydrogen) atoms. The van der Waals surface area contributed by atoms with Gasteiger partial charge in [0.2, 0.25) is 21.8 Å². The van der Waals surface area contributed by atoms with Gasteiger partial charge >= 0.3 is 0 Å². The highest BCUT2D eigenvalue weighted by molar-refractivity contribution is 7.92. The van der Waals surface area contributed by atoms with Gasteiger partial charge < -0.3 is 15.0 Å². The first-order chi connectivity index (χ1) is 15.4. The van der Waals surface area contributed by atoms with E-state index in [1.807, 2.05) is 13.8 Å². The second-order valence-corrected chi connectivity index (χ2v) is 10.3. The van der Waals surface area contributed by atoms with Crippen LogP contribution in [0.15, 0.2) is 48.5 Å². The normalized spacial score (nSPS) is 12.2. The maximum Gasteiger partial charge on any atom is 0.244 e. The van der Waals surface area contributed by atoms with Gasteiger partial charge in [-0.1, -0.05) is 23.7 Å². The zero-order valence-corrected chi connectivity index (χ0v) is 21.0. The Morgan fingerprint density at radius 3 is 2.09 bits per heavy atom. The SMILES string of the molecule is COc1ccc(N(CC(=O)N(Cc2ccc(Cl)cc2)[C@@H](C)C(=O)NC(C)C)S(C)(=O)=O)cc1. The van der Waals surface area contributed by atoms with Crippen LogP contribution in [-0.2, 0) is 26.2 Å². The third kappa shape index (κ3) is 7.64. The third-order valence-electron chi connectivity index (χ3n) is 4.90. The van der Waals surface area contributed by atoms with Crippen molar-refractivity contribution in [3.63, 3.8) is 0 Å². The van der Waals surface area contributed by atoms with Crippen molar-refractivity contribution in [2.75, 3.05) is 24.2 Å². The number of sulfonamides is 1. The van der Waals surface area contributed by atoms with Gasteiger partial charge in [0, 0.05) is 17.6 Å². The molecule has 2 aromatic carbocycles. The summed E-state index contributed by atoms with van der Waals surface area (Å²) in [4.78, 5) is 27.4. The van der Waals surface area contributed by atoms with Crippen LogP contribution in [0.5, 0.6) is 5.75 Å². The molecule has 2 rings (SSSR count). The summed E-state index contributed by atoms with van der Waals surface area (Å²) < 4.78 is 31.2. The summed E-state index contributed by atoms with van der Waals surface area (Å²) in [6.07, 6.45) is 1.03. The van der Waals surface area contributed by atoms with Crippen LogP contribution in [0.1, 0.15) is 26.3 Å². The van der Waals surface area contributed by atoms with E-state index in [4.69, 9.17) is 16.3 Å².